The summed E-state index contributed by atoms with van der Waals surface area (Å²) in [6.45, 7) is 0.363. The quantitative estimate of drug-likeness (QED) is 0.595. The molecule has 2 aromatic carbocycles. The van der Waals surface area contributed by atoms with Crippen molar-refractivity contribution < 1.29 is 17.6 Å². The zero-order chi connectivity index (χ0) is 22.0. The van der Waals surface area contributed by atoms with Crippen molar-refractivity contribution in [3.8, 4) is 10.6 Å². The number of halogens is 2. The highest BCUT2D eigenvalue weighted by molar-refractivity contribution is 7.89. The van der Waals surface area contributed by atoms with Crippen molar-refractivity contribution in [2.75, 3.05) is 18.4 Å². The molecule has 1 amide bonds. The van der Waals surface area contributed by atoms with Gasteiger partial charge in [-0.2, -0.15) is 4.31 Å². The summed E-state index contributed by atoms with van der Waals surface area (Å²) in [6.07, 6.45) is 0.731. The second-order valence-electron chi connectivity index (χ2n) is 7.02. The topological polar surface area (TPSA) is 92.3 Å². The van der Waals surface area contributed by atoms with Gasteiger partial charge in [0.25, 0.3) is 0 Å². The van der Waals surface area contributed by atoms with E-state index in [4.69, 9.17) is 11.6 Å². The molecule has 0 aliphatic carbocycles. The molecule has 1 fully saturated rings. The van der Waals surface area contributed by atoms with Crippen LogP contribution in [0.2, 0.25) is 5.02 Å². The fourth-order valence-electron chi connectivity index (χ4n) is 3.32. The lowest BCUT2D eigenvalue weighted by atomic mass is 9.97. The number of amides is 1. The number of hydrogen-bond donors (Lipinski definition) is 1. The number of nitrogens with one attached hydrogen (secondary N) is 1. The Morgan fingerprint density at radius 1 is 1.13 bits per heavy atom. The molecule has 4 rings (SSSR count). The van der Waals surface area contributed by atoms with Crippen LogP contribution in [0.25, 0.3) is 10.6 Å². The van der Waals surface area contributed by atoms with Crippen molar-refractivity contribution >= 4 is 44.0 Å². The highest BCUT2D eigenvalue weighted by atomic mass is 35.5. The minimum atomic E-state index is -3.81. The second kappa shape index (κ2) is 8.99. The van der Waals surface area contributed by atoms with Crippen LogP contribution >= 0.6 is 22.9 Å². The van der Waals surface area contributed by atoms with Crippen LogP contribution < -0.4 is 5.32 Å². The minimum absolute atomic E-state index is 0.0656. The molecular formula is C20H18ClFN4O3S2. The van der Waals surface area contributed by atoms with Crippen LogP contribution in [0.3, 0.4) is 0 Å². The molecule has 0 radical (unpaired) electrons. The van der Waals surface area contributed by atoms with Gasteiger partial charge in [0.1, 0.15) is 10.8 Å². The van der Waals surface area contributed by atoms with E-state index in [2.05, 4.69) is 15.5 Å². The zero-order valence-electron chi connectivity index (χ0n) is 16.2. The molecule has 0 unspecified atom stereocenters. The largest absolute Gasteiger partial charge is 0.300 e. The average molecular weight is 481 g/mol. The molecule has 0 spiro atoms. The van der Waals surface area contributed by atoms with Crippen molar-refractivity contribution in [1.82, 2.24) is 14.5 Å². The number of carbonyl (C=O) groups excluding carboxylic acids is 1. The van der Waals surface area contributed by atoms with E-state index in [1.807, 2.05) is 30.3 Å². The summed E-state index contributed by atoms with van der Waals surface area (Å²) in [5.41, 5.74) is 0.917. The Bertz CT molecular complexity index is 1200. The first kappa shape index (κ1) is 21.8. The van der Waals surface area contributed by atoms with Gasteiger partial charge in [-0.05, 0) is 31.0 Å². The van der Waals surface area contributed by atoms with Crippen LogP contribution in [0.1, 0.15) is 12.8 Å². The maximum atomic E-state index is 13.4. The van der Waals surface area contributed by atoms with Crippen LogP contribution in [0, 0.1) is 11.7 Å². The van der Waals surface area contributed by atoms with E-state index >= 15 is 0 Å². The summed E-state index contributed by atoms with van der Waals surface area (Å²) in [5.74, 6) is -1.23. The predicted molar refractivity (Wildman–Crippen MR) is 117 cm³/mol. The van der Waals surface area contributed by atoms with E-state index < -0.39 is 15.8 Å². The molecule has 1 aliphatic heterocycles. The van der Waals surface area contributed by atoms with Crippen LogP contribution in [0.4, 0.5) is 9.52 Å². The van der Waals surface area contributed by atoms with Gasteiger partial charge in [-0.25, -0.2) is 12.8 Å². The van der Waals surface area contributed by atoms with E-state index in [1.165, 1.54) is 21.7 Å². The zero-order valence-corrected chi connectivity index (χ0v) is 18.6. The molecule has 11 heteroatoms. The lowest BCUT2D eigenvalue weighted by Crippen LogP contribution is -2.41. The van der Waals surface area contributed by atoms with Crippen molar-refractivity contribution in [1.29, 1.82) is 0 Å². The van der Waals surface area contributed by atoms with Crippen molar-refractivity contribution in [2.24, 2.45) is 5.92 Å². The summed E-state index contributed by atoms with van der Waals surface area (Å²) in [6, 6.07) is 12.9. The summed E-state index contributed by atoms with van der Waals surface area (Å²) in [5, 5.41) is 11.8. The van der Waals surface area contributed by atoms with Crippen molar-refractivity contribution in [3.05, 3.63) is 59.4 Å². The van der Waals surface area contributed by atoms with Gasteiger partial charge >= 0.3 is 0 Å². The number of rotatable bonds is 5. The number of piperidine rings is 1. The fourth-order valence-corrected chi connectivity index (χ4v) is 5.82. The number of benzene rings is 2. The molecular weight excluding hydrogens is 463 g/mol. The molecule has 31 heavy (non-hydrogen) atoms. The first-order chi connectivity index (χ1) is 14.8. The highest BCUT2D eigenvalue weighted by Gasteiger charge is 2.32. The maximum absolute atomic E-state index is 13.4. The Balaban J connectivity index is 1.37. The number of carbonyl (C=O) groups is 1. The van der Waals surface area contributed by atoms with Gasteiger partial charge in [0.05, 0.1) is 9.92 Å². The molecule has 1 aromatic heterocycles. The molecule has 0 bridgehead atoms. The molecule has 162 valence electrons. The number of sulfonamides is 1. The standard InChI is InChI=1S/C20H18ClFN4O3S2/c21-16-12-15(6-7-17(16)22)31(28,29)26-10-8-13(9-11-26)18(27)23-20-25-24-19(30-20)14-4-2-1-3-5-14/h1-7,12-13H,8-11H2,(H,23,25,27). The van der Waals surface area contributed by atoms with Gasteiger partial charge in [-0.1, -0.05) is 53.3 Å². The molecule has 3 aromatic rings. The second-order valence-corrected chi connectivity index (χ2v) is 10.3. The lowest BCUT2D eigenvalue weighted by Gasteiger charge is -2.30. The molecule has 1 aliphatic rings. The third-order valence-electron chi connectivity index (χ3n) is 5.03. The number of hydrogen-bond acceptors (Lipinski definition) is 6. The molecule has 1 saturated heterocycles. The van der Waals surface area contributed by atoms with Crippen molar-refractivity contribution in [2.45, 2.75) is 17.7 Å². The predicted octanol–water partition coefficient (Wildman–Crippen LogP) is 4.04. The van der Waals surface area contributed by atoms with Crippen LogP contribution in [-0.2, 0) is 14.8 Å². The smallest absolute Gasteiger partial charge is 0.243 e. The molecule has 2 heterocycles. The van der Waals surface area contributed by atoms with E-state index in [0.717, 1.165) is 17.7 Å². The van der Waals surface area contributed by atoms with Gasteiger partial charge in [-0.15, -0.1) is 10.2 Å². The highest BCUT2D eigenvalue weighted by Crippen LogP contribution is 2.29. The normalized spacial score (nSPS) is 15.7. The third kappa shape index (κ3) is 4.77. The SMILES string of the molecule is O=C(Nc1nnc(-c2ccccc2)s1)C1CCN(S(=O)(=O)c2ccc(F)c(Cl)c2)CC1. The maximum Gasteiger partial charge on any atom is 0.243 e. The van der Waals surface area contributed by atoms with E-state index in [0.29, 0.717) is 23.0 Å². The first-order valence-electron chi connectivity index (χ1n) is 9.49. The van der Waals surface area contributed by atoms with E-state index in [9.17, 15) is 17.6 Å². The van der Waals surface area contributed by atoms with Crippen molar-refractivity contribution in [3.63, 3.8) is 0 Å². The number of aromatic nitrogens is 2. The molecule has 0 atom stereocenters. The van der Waals surface area contributed by atoms with Crippen LogP contribution in [-0.4, -0.2) is 41.9 Å². The Morgan fingerprint density at radius 3 is 2.52 bits per heavy atom. The summed E-state index contributed by atoms with van der Waals surface area (Å²) in [4.78, 5) is 12.6. The summed E-state index contributed by atoms with van der Waals surface area (Å²) in [7, 11) is -3.81. The van der Waals surface area contributed by atoms with Gasteiger partial charge in [0.2, 0.25) is 21.1 Å². The van der Waals surface area contributed by atoms with Gasteiger partial charge in [-0.3, -0.25) is 4.79 Å². The van der Waals surface area contributed by atoms with E-state index in [-0.39, 0.29) is 34.8 Å². The minimum Gasteiger partial charge on any atom is -0.300 e. The molecule has 7 nitrogen and oxygen atoms in total. The van der Waals surface area contributed by atoms with Crippen LogP contribution in [0.5, 0.6) is 0 Å². The van der Waals surface area contributed by atoms with Gasteiger partial charge in [0.15, 0.2) is 0 Å². The van der Waals surface area contributed by atoms with Gasteiger partial charge < -0.3 is 5.32 Å². The average Bonchev–Trinajstić information content (AvgIpc) is 3.24. The lowest BCUT2D eigenvalue weighted by molar-refractivity contribution is -0.120. The Kier molecular flexibility index (Phi) is 6.33. The van der Waals surface area contributed by atoms with Crippen LogP contribution in [0.15, 0.2) is 53.4 Å². The first-order valence-corrected chi connectivity index (χ1v) is 12.1. The van der Waals surface area contributed by atoms with E-state index in [1.54, 1.807) is 0 Å². The Morgan fingerprint density at radius 2 is 1.84 bits per heavy atom. The Labute approximate surface area is 187 Å². The monoisotopic (exact) mass is 480 g/mol. The fraction of sp³-hybridized carbons (Fsp3) is 0.250. The molecule has 0 saturated carbocycles. The summed E-state index contributed by atoms with van der Waals surface area (Å²) < 4.78 is 40.2. The number of nitrogens with zero attached hydrogens (tertiary/aromatic N) is 3. The summed E-state index contributed by atoms with van der Waals surface area (Å²) >= 11 is 7.00. The Hall–Kier alpha value is -2.40. The number of anilines is 1. The van der Waals surface area contributed by atoms with Gasteiger partial charge in [0, 0.05) is 24.6 Å². The third-order valence-corrected chi connectivity index (χ3v) is 8.10. The molecule has 1 N–H and O–H groups in total.